The molecule has 0 radical (unpaired) electrons. The molecule has 0 spiro atoms. The molecular formula is C10H19NO3. The lowest BCUT2D eigenvalue weighted by atomic mass is 10.0. The van der Waals surface area contributed by atoms with Gasteiger partial charge >= 0.3 is 5.97 Å². The molecule has 1 rings (SSSR count). The highest BCUT2D eigenvalue weighted by Crippen LogP contribution is 2.18. The zero-order valence-electron chi connectivity index (χ0n) is 9.29. The summed E-state index contributed by atoms with van der Waals surface area (Å²) in [4.78, 5) is 11.7. The third-order valence-electron chi connectivity index (χ3n) is 2.16. The maximum Gasteiger partial charge on any atom is 0.313 e. The Morgan fingerprint density at radius 3 is 2.57 bits per heavy atom. The van der Waals surface area contributed by atoms with Gasteiger partial charge in [0.15, 0.2) is 0 Å². The highest BCUT2D eigenvalue weighted by Gasteiger charge is 2.35. The van der Waals surface area contributed by atoms with E-state index in [1.54, 1.807) is 0 Å². The average molecular weight is 201 g/mol. The molecule has 1 heterocycles. The predicted octanol–water partition coefficient (Wildman–Crippen LogP) is 0.562. The van der Waals surface area contributed by atoms with Gasteiger partial charge in [-0.15, -0.1) is 0 Å². The molecule has 2 atom stereocenters. The van der Waals surface area contributed by atoms with Gasteiger partial charge < -0.3 is 14.8 Å². The van der Waals surface area contributed by atoms with Crippen LogP contribution in [0.25, 0.3) is 0 Å². The van der Waals surface area contributed by atoms with Crippen molar-refractivity contribution >= 4 is 5.97 Å². The summed E-state index contributed by atoms with van der Waals surface area (Å²) in [5.74, 6) is -0.339. The summed E-state index contributed by atoms with van der Waals surface area (Å²) in [7, 11) is 1.83. The molecule has 0 aromatic rings. The number of nitrogens with one attached hydrogen (secondary N) is 1. The van der Waals surface area contributed by atoms with Crippen LogP contribution in [-0.2, 0) is 14.3 Å². The molecule has 1 aliphatic heterocycles. The van der Waals surface area contributed by atoms with Crippen LogP contribution >= 0.6 is 0 Å². The fourth-order valence-corrected chi connectivity index (χ4v) is 1.45. The third kappa shape index (κ3) is 2.96. The number of likely N-dealkylation sites (N-methyl/N-ethyl adjacent to an activating group) is 1. The molecule has 4 heteroatoms. The molecule has 82 valence electrons. The summed E-state index contributed by atoms with van der Waals surface area (Å²) in [6.07, 6.45) is 0. The first-order valence-corrected chi connectivity index (χ1v) is 4.92. The maximum absolute atomic E-state index is 11.7. The molecule has 0 aliphatic carbocycles. The van der Waals surface area contributed by atoms with Crippen molar-refractivity contribution in [3.8, 4) is 0 Å². The number of carbonyl (C=O) groups excluding carboxylic acids is 1. The highest BCUT2D eigenvalue weighted by atomic mass is 16.6. The summed E-state index contributed by atoms with van der Waals surface area (Å²) in [5, 5.41) is 3.05. The van der Waals surface area contributed by atoms with Crippen molar-refractivity contribution in [1.82, 2.24) is 5.32 Å². The second-order valence-electron chi connectivity index (χ2n) is 4.57. The highest BCUT2D eigenvalue weighted by molar-refractivity contribution is 5.74. The molecule has 0 bridgehead atoms. The van der Waals surface area contributed by atoms with Crippen molar-refractivity contribution in [2.75, 3.05) is 20.3 Å². The van der Waals surface area contributed by atoms with Crippen molar-refractivity contribution in [2.45, 2.75) is 32.4 Å². The van der Waals surface area contributed by atoms with Crippen LogP contribution in [-0.4, -0.2) is 37.9 Å². The second-order valence-corrected chi connectivity index (χ2v) is 4.57. The molecule has 2 unspecified atom stereocenters. The van der Waals surface area contributed by atoms with Gasteiger partial charge in [0.1, 0.15) is 5.60 Å². The van der Waals surface area contributed by atoms with Gasteiger partial charge in [-0.2, -0.15) is 0 Å². The average Bonchev–Trinajstić information content (AvgIpc) is 2.47. The van der Waals surface area contributed by atoms with Crippen LogP contribution in [0.3, 0.4) is 0 Å². The minimum Gasteiger partial charge on any atom is -0.460 e. The van der Waals surface area contributed by atoms with Crippen molar-refractivity contribution in [2.24, 2.45) is 5.92 Å². The van der Waals surface area contributed by atoms with Crippen molar-refractivity contribution in [3.05, 3.63) is 0 Å². The first kappa shape index (κ1) is 11.5. The van der Waals surface area contributed by atoms with Gasteiger partial charge in [0.25, 0.3) is 0 Å². The van der Waals surface area contributed by atoms with E-state index in [-0.39, 0.29) is 17.9 Å². The first-order valence-electron chi connectivity index (χ1n) is 4.92. The van der Waals surface area contributed by atoms with Crippen LogP contribution in [0.5, 0.6) is 0 Å². The summed E-state index contributed by atoms with van der Waals surface area (Å²) in [6, 6.07) is 0.0878. The molecule has 0 amide bonds. The standard InChI is InChI=1S/C10H19NO3/c1-10(2,3)14-9(12)7-5-13-6-8(7)11-4/h7-8,11H,5-6H2,1-4H3. The van der Waals surface area contributed by atoms with Gasteiger partial charge in [-0.1, -0.05) is 0 Å². The molecule has 1 fully saturated rings. The maximum atomic E-state index is 11.7. The number of carbonyl (C=O) groups is 1. The van der Waals surface area contributed by atoms with Crippen LogP contribution in [0, 0.1) is 5.92 Å². The monoisotopic (exact) mass is 201 g/mol. The van der Waals surface area contributed by atoms with E-state index in [1.807, 2.05) is 27.8 Å². The van der Waals surface area contributed by atoms with Gasteiger partial charge in [-0.3, -0.25) is 4.79 Å². The van der Waals surface area contributed by atoms with Gasteiger partial charge in [0.2, 0.25) is 0 Å². The molecule has 1 saturated heterocycles. The lowest BCUT2D eigenvalue weighted by Gasteiger charge is -2.23. The topological polar surface area (TPSA) is 47.6 Å². The van der Waals surface area contributed by atoms with E-state index in [1.165, 1.54) is 0 Å². The minimum atomic E-state index is -0.419. The lowest BCUT2D eigenvalue weighted by molar-refractivity contribution is -0.160. The molecule has 4 nitrogen and oxygen atoms in total. The molecular weight excluding hydrogens is 182 g/mol. The van der Waals surface area contributed by atoms with Crippen LogP contribution in [0.2, 0.25) is 0 Å². The minimum absolute atomic E-state index is 0.0878. The summed E-state index contributed by atoms with van der Waals surface area (Å²) < 4.78 is 10.5. The van der Waals surface area contributed by atoms with E-state index in [4.69, 9.17) is 9.47 Å². The number of hydrogen-bond acceptors (Lipinski definition) is 4. The lowest BCUT2D eigenvalue weighted by Crippen LogP contribution is -2.40. The van der Waals surface area contributed by atoms with E-state index in [9.17, 15) is 4.79 Å². The quantitative estimate of drug-likeness (QED) is 0.663. The smallest absolute Gasteiger partial charge is 0.313 e. The van der Waals surface area contributed by atoms with Crippen LogP contribution in [0.1, 0.15) is 20.8 Å². The van der Waals surface area contributed by atoms with Crippen LogP contribution in [0.15, 0.2) is 0 Å². The van der Waals surface area contributed by atoms with Gasteiger partial charge in [-0.05, 0) is 27.8 Å². The van der Waals surface area contributed by atoms with E-state index in [2.05, 4.69) is 5.32 Å². The van der Waals surface area contributed by atoms with Gasteiger partial charge in [0.05, 0.1) is 19.1 Å². The Bertz CT molecular complexity index is 210. The van der Waals surface area contributed by atoms with Gasteiger partial charge in [-0.25, -0.2) is 0 Å². The Labute approximate surface area is 85.0 Å². The van der Waals surface area contributed by atoms with Gasteiger partial charge in [0, 0.05) is 6.04 Å². The van der Waals surface area contributed by atoms with E-state index in [0.29, 0.717) is 13.2 Å². The molecule has 14 heavy (non-hydrogen) atoms. The van der Waals surface area contributed by atoms with Crippen LogP contribution < -0.4 is 5.32 Å². The van der Waals surface area contributed by atoms with Crippen LogP contribution in [0.4, 0.5) is 0 Å². The number of esters is 1. The number of rotatable bonds is 2. The Kier molecular flexibility index (Phi) is 3.50. The van der Waals surface area contributed by atoms with E-state index >= 15 is 0 Å². The Morgan fingerprint density at radius 1 is 1.43 bits per heavy atom. The Morgan fingerprint density at radius 2 is 2.07 bits per heavy atom. The first-order chi connectivity index (χ1) is 6.44. The largest absolute Gasteiger partial charge is 0.460 e. The third-order valence-corrected chi connectivity index (χ3v) is 2.16. The predicted molar refractivity (Wildman–Crippen MR) is 53.0 cm³/mol. The van der Waals surface area contributed by atoms with Crippen molar-refractivity contribution in [1.29, 1.82) is 0 Å². The fourth-order valence-electron chi connectivity index (χ4n) is 1.45. The van der Waals surface area contributed by atoms with Crippen molar-refractivity contribution < 1.29 is 14.3 Å². The SMILES string of the molecule is CNC1COCC1C(=O)OC(C)(C)C. The molecule has 0 saturated carbocycles. The molecule has 1 N–H and O–H groups in total. The number of hydrogen-bond donors (Lipinski definition) is 1. The zero-order valence-corrected chi connectivity index (χ0v) is 9.29. The Balaban J connectivity index is 2.52. The molecule has 1 aliphatic rings. The number of ether oxygens (including phenoxy) is 2. The summed E-state index contributed by atoms with van der Waals surface area (Å²) >= 11 is 0. The van der Waals surface area contributed by atoms with E-state index in [0.717, 1.165) is 0 Å². The van der Waals surface area contributed by atoms with Crippen molar-refractivity contribution in [3.63, 3.8) is 0 Å². The second kappa shape index (κ2) is 4.28. The van der Waals surface area contributed by atoms with E-state index < -0.39 is 5.60 Å². The zero-order chi connectivity index (χ0) is 10.8. The fraction of sp³-hybridized carbons (Fsp3) is 0.900. The Hall–Kier alpha value is -0.610. The molecule has 0 aromatic carbocycles. The normalized spacial score (nSPS) is 27.7. The molecule has 0 aromatic heterocycles. The summed E-state index contributed by atoms with van der Waals surface area (Å²) in [5.41, 5.74) is -0.419. The summed E-state index contributed by atoms with van der Waals surface area (Å²) in [6.45, 7) is 6.65.